The van der Waals surface area contributed by atoms with Crippen molar-refractivity contribution in [2.24, 2.45) is 5.92 Å². The van der Waals surface area contributed by atoms with Crippen molar-refractivity contribution in [3.63, 3.8) is 0 Å². The minimum Gasteiger partial charge on any atom is -0.493 e. The Morgan fingerprint density at radius 1 is 1.00 bits per heavy atom. The molecule has 2 atom stereocenters. The average Bonchev–Trinajstić information content (AvgIpc) is 3.22. The molecule has 4 rings (SSSR count). The van der Waals surface area contributed by atoms with Crippen molar-refractivity contribution < 1.29 is 23.8 Å². The van der Waals surface area contributed by atoms with E-state index in [2.05, 4.69) is 20.9 Å². The molecule has 0 saturated heterocycles. The van der Waals surface area contributed by atoms with Crippen LogP contribution in [0.4, 0.5) is 5.69 Å². The highest BCUT2D eigenvalue weighted by Crippen LogP contribution is 2.50. The molecule has 3 aromatic rings. The molecule has 1 aliphatic carbocycles. The number of carbonyl (C=O) groups excluding carboxylic acids is 2. The van der Waals surface area contributed by atoms with Crippen LogP contribution < -0.4 is 35.6 Å². The molecule has 42 heavy (non-hydrogen) atoms. The van der Waals surface area contributed by atoms with Crippen LogP contribution in [-0.4, -0.2) is 44.2 Å². The lowest BCUT2D eigenvalue weighted by Crippen LogP contribution is -2.43. The number of hydrogen-bond acceptors (Lipinski definition) is 8. The number of nitrogens with zero attached hydrogens (tertiary/aromatic N) is 1. The lowest BCUT2D eigenvalue weighted by Gasteiger charge is -2.22. The second kappa shape index (κ2) is 13.4. The Bertz CT molecular complexity index is 1510. The number of benzene rings is 1. The number of ether oxygens (including phenoxy) is 3. The topological polar surface area (TPSA) is 128 Å². The number of pyridine rings is 1. The first kappa shape index (κ1) is 30.4. The van der Waals surface area contributed by atoms with Crippen molar-refractivity contribution in [1.29, 1.82) is 0 Å². The molecule has 0 spiro atoms. The number of nitrogens with one attached hydrogen (secondary N) is 3. The summed E-state index contributed by atoms with van der Waals surface area (Å²) >= 11 is 0. The van der Waals surface area contributed by atoms with E-state index in [-0.39, 0.29) is 28.8 Å². The summed E-state index contributed by atoms with van der Waals surface area (Å²) in [5.74, 6) is 0.879. The number of rotatable bonds is 10. The van der Waals surface area contributed by atoms with E-state index in [4.69, 9.17) is 14.2 Å². The molecule has 1 aromatic heterocycles. The van der Waals surface area contributed by atoms with E-state index in [9.17, 15) is 14.4 Å². The van der Waals surface area contributed by atoms with Gasteiger partial charge in [-0.3, -0.25) is 19.4 Å². The van der Waals surface area contributed by atoms with Crippen molar-refractivity contribution in [3.05, 3.63) is 75.7 Å². The number of anilines is 1. The fourth-order valence-electron chi connectivity index (χ4n) is 5.33. The zero-order valence-electron chi connectivity index (χ0n) is 24.9. The van der Waals surface area contributed by atoms with Gasteiger partial charge >= 0.3 is 0 Å². The third kappa shape index (κ3) is 6.48. The molecule has 0 bridgehead atoms. The quantitative estimate of drug-likeness (QED) is 0.332. The standard InChI is InChI=1S/C32H38N4O6/c1-18(2)29(32(39)34-17-20-11-13-33-14-12-20)36-25-10-8-22-23(16-26(25)38)24(35-19(3)37)9-7-21-15-27(40-4)30(41-5)31(42-6)28(21)22/h8,10-16,18,24,29H,7,9,17H2,1-6H3,(H,34,39)(H,35,37)(H,36,38)/t24-,29+/m0/s1. The maximum atomic E-state index is 13.7. The lowest BCUT2D eigenvalue weighted by atomic mass is 9.95. The van der Waals surface area contributed by atoms with Gasteiger partial charge in [-0.05, 0) is 71.3 Å². The van der Waals surface area contributed by atoms with E-state index >= 15 is 0 Å². The van der Waals surface area contributed by atoms with Crippen molar-refractivity contribution in [1.82, 2.24) is 15.6 Å². The van der Waals surface area contributed by atoms with Gasteiger partial charge in [0.15, 0.2) is 11.5 Å². The average molecular weight is 575 g/mol. The van der Waals surface area contributed by atoms with E-state index in [1.807, 2.05) is 38.1 Å². The molecule has 0 radical (unpaired) electrons. The van der Waals surface area contributed by atoms with E-state index in [1.54, 1.807) is 39.8 Å². The lowest BCUT2D eigenvalue weighted by molar-refractivity contribution is -0.123. The Morgan fingerprint density at radius 3 is 2.33 bits per heavy atom. The van der Waals surface area contributed by atoms with E-state index in [0.717, 1.165) is 16.7 Å². The molecule has 10 nitrogen and oxygen atoms in total. The van der Waals surface area contributed by atoms with Gasteiger partial charge in [0, 0.05) is 31.4 Å². The van der Waals surface area contributed by atoms with Crippen LogP contribution in [-0.2, 0) is 22.6 Å². The van der Waals surface area contributed by atoms with Gasteiger partial charge in [0.1, 0.15) is 6.04 Å². The first-order chi connectivity index (χ1) is 20.2. The van der Waals surface area contributed by atoms with Gasteiger partial charge in [-0.15, -0.1) is 0 Å². The van der Waals surface area contributed by atoms with Gasteiger partial charge in [-0.25, -0.2) is 0 Å². The molecule has 2 aromatic carbocycles. The number of hydrogen-bond donors (Lipinski definition) is 3. The van der Waals surface area contributed by atoms with Crippen molar-refractivity contribution >= 4 is 17.5 Å². The molecular weight excluding hydrogens is 536 g/mol. The number of fused-ring (bicyclic) bond motifs is 3. The second-order valence-electron chi connectivity index (χ2n) is 10.5. The molecule has 10 heteroatoms. The van der Waals surface area contributed by atoms with Crippen LogP contribution in [0.15, 0.2) is 53.6 Å². The van der Waals surface area contributed by atoms with E-state index in [0.29, 0.717) is 47.8 Å². The van der Waals surface area contributed by atoms with Gasteiger partial charge in [-0.2, -0.15) is 0 Å². The molecule has 1 heterocycles. The molecule has 1 aliphatic rings. The molecule has 0 saturated carbocycles. The Labute approximate surface area is 245 Å². The molecule has 2 amide bonds. The maximum absolute atomic E-state index is 13.7. The van der Waals surface area contributed by atoms with Crippen LogP contribution in [0.3, 0.4) is 0 Å². The van der Waals surface area contributed by atoms with Gasteiger partial charge in [0.25, 0.3) is 0 Å². The van der Waals surface area contributed by atoms with Crippen LogP contribution >= 0.6 is 0 Å². The highest BCUT2D eigenvalue weighted by Gasteiger charge is 2.30. The number of aryl methyl sites for hydroxylation is 1. The summed E-state index contributed by atoms with van der Waals surface area (Å²) in [6.45, 7) is 5.63. The first-order valence-corrected chi connectivity index (χ1v) is 13.9. The summed E-state index contributed by atoms with van der Waals surface area (Å²) in [4.78, 5) is 43.1. The van der Waals surface area contributed by atoms with Crippen LogP contribution in [0, 0.1) is 5.92 Å². The summed E-state index contributed by atoms with van der Waals surface area (Å²) in [6, 6.07) is 9.53. The summed E-state index contributed by atoms with van der Waals surface area (Å²) in [7, 11) is 4.66. The van der Waals surface area contributed by atoms with Gasteiger partial charge in [0.05, 0.1) is 33.1 Å². The van der Waals surface area contributed by atoms with Crippen molar-refractivity contribution in [3.8, 4) is 28.4 Å². The minimum absolute atomic E-state index is 0.116. The van der Waals surface area contributed by atoms with E-state index in [1.165, 1.54) is 13.0 Å². The summed E-state index contributed by atoms with van der Waals surface area (Å²) in [5, 5.41) is 9.15. The maximum Gasteiger partial charge on any atom is 0.243 e. The molecule has 222 valence electrons. The third-order valence-electron chi connectivity index (χ3n) is 7.39. The smallest absolute Gasteiger partial charge is 0.243 e. The monoisotopic (exact) mass is 574 g/mol. The minimum atomic E-state index is -0.668. The molecular formula is C32H38N4O6. The van der Waals surface area contributed by atoms with Crippen LogP contribution in [0.25, 0.3) is 11.1 Å². The highest BCUT2D eigenvalue weighted by atomic mass is 16.5. The summed E-state index contributed by atoms with van der Waals surface area (Å²) in [6.07, 6.45) is 4.49. The van der Waals surface area contributed by atoms with Crippen LogP contribution in [0.2, 0.25) is 0 Å². The van der Waals surface area contributed by atoms with Gasteiger partial charge in [0.2, 0.25) is 23.0 Å². The zero-order chi connectivity index (χ0) is 30.4. The van der Waals surface area contributed by atoms with Gasteiger partial charge < -0.3 is 30.2 Å². The van der Waals surface area contributed by atoms with Crippen LogP contribution in [0.5, 0.6) is 17.2 Å². The van der Waals surface area contributed by atoms with Gasteiger partial charge in [-0.1, -0.05) is 19.9 Å². The molecule has 0 unspecified atom stereocenters. The predicted molar refractivity (Wildman–Crippen MR) is 161 cm³/mol. The first-order valence-electron chi connectivity index (χ1n) is 13.9. The Balaban J connectivity index is 1.81. The number of amides is 2. The van der Waals surface area contributed by atoms with Crippen LogP contribution in [0.1, 0.15) is 49.9 Å². The van der Waals surface area contributed by atoms with Crippen molar-refractivity contribution in [2.45, 2.75) is 52.2 Å². The molecule has 0 aliphatic heterocycles. The highest BCUT2D eigenvalue weighted by molar-refractivity contribution is 5.86. The SMILES string of the molecule is COc1cc2c(c(OC)c1OC)-c1ccc(N[C@@H](C(=O)NCc3ccncc3)C(C)C)c(=O)cc1[C@@H](NC(C)=O)CC2. The Morgan fingerprint density at radius 2 is 1.71 bits per heavy atom. The number of methoxy groups -OCH3 is 3. The third-order valence-corrected chi connectivity index (χ3v) is 7.39. The normalized spacial score (nSPS) is 14.5. The number of carbonyl (C=O) groups is 2. The fourth-order valence-corrected chi connectivity index (χ4v) is 5.33. The summed E-state index contributed by atoms with van der Waals surface area (Å²) in [5.41, 5.74) is 3.94. The Kier molecular flexibility index (Phi) is 9.67. The second-order valence-corrected chi connectivity index (χ2v) is 10.5. The molecule has 0 fully saturated rings. The Hall–Kier alpha value is -4.60. The largest absolute Gasteiger partial charge is 0.493 e. The zero-order valence-corrected chi connectivity index (χ0v) is 24.9. The predicted octanol–water partition coefficient (Wildman–Crippen LogP) is 4.01. The fraction of sp³-hybridized carbons (Fsp3) is 0.375. The van der Waals surface area contributed by atoms with Crippen molar-refractivity contribution in [2.75, 3.05) is 26.6 Å². The van der Waals surface area contributed by atoms with E-state index < -0.39 is 12.1 Å². The molecule has 3 N–H and O–H groups in total. The summed E-state index contributed by atoms with van der Waals surface area (Å²) < 4.78 is 17.1. The number of aromatic nitrogens is 1.